The van der Waals surface area contributed by atoms with E-state index < -0.39 is 37.1 Å². The van der Waals surface area contributed by atoms with Crippen LogP contribution in [0.15, 0.2) is 36.5 Å². The summed E-state index contributed by atoms with van der Waals surface area (Å²) in [6.07, 6.45) is 1.01. The first-order chi connectivity index (χ1) is 11.4. The van der Waals surface area contributed by atoms with Crippen LogP contribution >= 0.6 is 0 Å². The molecule has 1 heterocycles. The Morgan fingerprint density at radius 1 is 1.12 bits per heavy atom. The minimum atomic E-state index is -4.30. The summed E-state index contributed by atoms with van der Waals surface area (Å²) < 4.78 is 49.4. The van der Waals surface area contributed by atoms with E-state index in [4.69, 9.17) is 5.14 Å². The van der Waals surface area contributed by atoms with E-state index >= 15 is 0 Å². The summed E-state index contributed by atoms with van der Waals surface area (Å²) in [6, 6.07) is 7.04. The first-order valence-electron chi connectivity index (χ1n) is 7.01. The van der Waals surface area contributed by atoms with Crippen molar-refractivity contribution in [3.8, 4) is 11.1 Å². The molecule has 25 heavy (non-hydrogen) atoms. The van der Waals surface area contributed by atoms with Crippen LogP contribution < -0.4 is 15.0 Å². The lowest BCUT2D eigenvalue weighted by Gasteiger charge is -2.12. The molecule has 0 bridgehead atoms. The summed E-state index contributed by atoms with van der Waals surface area (Å²) in [5.41, 5.74) is 0.109. The van der Waals surface area contributed by atoms with E-state index in [9.17, 15) is 26.7 Å². The van der Waals surface area contributed by atoms with Gasteiger partial charge in [-0.3, -0.25) is 4.72 Å². The average Bonchev–Trinajstić information content (AvgIpc) is 2.92. The van der Waals surface area contributed by atoms with Crippen LogP contribution in [-0.4, -0.2) is 32.0 Å². The molecule has 3 N–H and O–H groups in total. The zero-order chi connectivity index (χ0) is 19.0. The second-order valence-electron chi connectivity index (χ2n) is 5.48. The van der Waals surface area contributed by atoms with Crippen LogP contribution in [0.2, 0.25) is 0 Å². The van der Waals surface area contributed by atoms with Crippen molar-refractivity contribution in [1.82, 2.24) is 3.97 Å². The molecule has 0 amide bonds. The predicted molar refractivity (Wildman–Crippen MR) is 90.4 cm³/mol. The average molecular weight is 386 g/mol. The van der Waals surface area contributed by atoms with Crippen molar-refractivity contribution in [2.24, 2.45) is 5.14 Å². The van der Waals surface area contributed by atoms with Crippen molar-refractivity contribution in [3.05, 3.63) is 42.2 Å². The van der Waals surface area contributed by atoms with Crippen LogP contribution in [-0.2, 0) is 20.2 Å². The van der Waals surface area contributed by atoms with Gasteiger partial charge in [0.1, 0.15) is 0 Å². The van der Waals surface area contributed by atoms with Crippen molar-refractivity contribution in [3.63, 3.8) is 0 Å². The van der Waals surface area contributed by atoms with Gasteiger partial charge in [0.15, 0.2) is 0 Å². The topological polar surface area (TPSA) is 151 Å². The molecule has 0 saturated heterocycles. The number of nitrogens with two attached hydrogens (primary N) is 1. The molecule has 1 aromatic carbocycles. The normalized spacial score (nSPS) is 12.3. The number of nitrogens with zero attached hydrogens (tertiary/aromatic N) is 1. The van der Waals surface area contributed by atoms with Gasteiger partial charge in [0, 0.05) is 17.4 Å². The first kappa shape index (κ1) is 19.0. The number of rotatable bonds is 6. The zero-order valence-electron chi connectivity index (χ0n) is 13.3. The molecule has 2 aromatic rings. The Balaban J connectivity index is 2.45. The summed E-state index contributed by atoms with van der Waals surface area (Å²) in [4.78, 5) is 11.3. The smallest absolute Gasteiger partial charge is 0.302 e. The SMILES string of the molecule is CC(C)S(=O)(=O)Nc1ccc(-c2ccn(S(N)(=O)=O)c2C(=O)[O-])cc1. The molecular formula is C14H16N3O6S2-. The number of carbonyl (C=O) groups excluding carboxylic acids is 1. The van der Waals surface area contributed by atoms with Crippen LogP contribution in [0.4, 0.5) is 5.69 Å². The summed E-state index contributed by atoms with van der Waals surface area (Å²) in [5.74, 6) is -1.71. The van der Waals surface area contributed by atoms with Crippen molar-refractivity contribution in [2.75, 3.05) is 4.72 Å². The van der Waals surface area contributed by atoms with Crippen LogP contribution in [0, 0.1) is 0 Å². The Morgan fingerprint density at radius 3 is 2.12 bits per heavy atom. The summed E-state index contributed by atoms with van der Waals surface area (Å²) in [5, 5.41) is 15.7. The van der Waals surface area contributed by atoms with Gasteiger partial charge in [0.05, 0.1) is 16.9 Å². The lowest BCUT2D eigenvalue weighted by Crippen LogP contribution is -2.31. The third kappa shape index (κ3) is 4.00. The molecule has 9 nitrogen and oxygen atoms in total. The van der Waals surface area contributed by atoms with E-state index in [-0.39, 0.29) is 5.56 Å². The maximum atomic E-state index is 11.8. The zero-order valence-corrected chi connectivity index (χ0v) is 15.0. The lowest BCUT2D eigenvalue weighted by molar-refractivity contribution is -0.255. The number of anilines is 1. The summed E-state index contributed by atoms with van der Waals surface area (Å²) in [7, 11) is -7.82. The fraction of sp³-hybridized carbons (Fsp3) is 0.214. The van der Waals surface area contributed by atoms with Crippen molar-refractivity contribution < 1.29 is 26.7 Å². The van der Waals surface area contributed by atoms with Gasteiger partial charge in [0.2, 0.25) is 10.0 Å². The number of hydrogen-bond donors (Lipinski definition) is 2. The maximum absolute atomic E-state index is 11.8. The summed E-state index contributed by atoms with van der Waals surface area (Å²) in [6.45, 7) is 3.05. The number of carbonyl (C=O) groups is 1. The second-order valence-corrected chi connectivity index (χ2v) is 9.14. The fourth-order valence-corrected chi connectivity index (χ4v) is 3.42. The van der Waals surface area contributed by atoms with E-state index in [1.165, 1.54) is 44.2 Å². The highest BCUT2D eigenvalue weighted by Crippen LogP contribution is 2.27. The van der Waals surface area contributed by atoms with Crippen molar-refractivity contribution in [2.45, 2.75) is 19.1 Å². The van der Waals surface area contributed by atoms with Gasteiger partial charge in [-0.1, -0.05) is 12.1 Å². The van der Waals surface area contributed by atoms with Gasteiger partial charge in [-0.2, -0.15) is 8.42 Å². The minimum Gasteiger partial charge on any atom is -0.543 e. The number of hydrogen-bond acceptors (Lipinski definition) is 6. The van der Waals surface area contributed by atoms with Gasteiger partial charge in [0.25, 0.3) is 0 Å². The van der Waals surface area contributed by atoms with E-state index in [0.29, 0.717) is 15.2 Å². The lowest BCUT2D eigenvalue weighted by atomic mass is 10.1. The van der Waals surface area contributed by atoms with Crippen LogP contribution in [0.3, 0.4) is 0 Å². The molecule has 0 spiro atoms. The Kier molecular flexibility index (Phi) is 4.93. The number of aromatic carboxylic acids is 1. The maximum Gasteiger partial charge on any atom is 0.302 e. The minimum absolute atomic E-state index is 0.0762. The van der Waals surface area contributed by atoms with Crippen LogP contribution in [0.25, 0.3) is 11.1 Å². The number of benzene rings is 1. The van der Waals surface area contributed by atoms with Gasteiger partial charge < -0.3 is 9.90 Å². The van der Waals surface area contributed by atoms with E-state index in [0.717, 1.165) is 6.20 Å². The molecule has 0 atom stereocenters. The molecule has 0 fully saturated rings. The molecule has 11 heteroatoms. The van der Waals surface area contributed by atoms with Crippen LogP contribution in [0.1, 0.15) is 24.3 Å². The van der Waals surface area contributed by atoms with E-state index in [1.807, 2.05) is 0 Å². The number of aromatic nitrogens is 1. The van der Waals surface area contributed by atoms with Gasteiger partial charge in [-0.05, 0) is 37.6 Å². The van der Waals surface area contributed by atoms with Crippen LogP contribution in [0.5, 0.6) is 0 Å². The number of carboxylic acid groups (broad SMARTS) is 1. The van der Waals surface area contributed by atoms with E-state index in [1.54, 1.807) is 0 Å². The number of sulfonamides is 1. The summed E-state index contributed by atoms with van der Waals surface area (Å²) >= 11 is 0. The molecule has 0 aliphatic carbocycles. The highest BCUT2D eigenvalue weighted by molar-refractivity contribution is 7.93. The van der Waals surface area contributed by atoms with Crippen molar-refractivity contribution in [1.29, 1.82) is 0 Å². The molecule has 2 rings (SSSR count). The molecule has 136 valence electrons. The molecule has 1 aromatic heterocycles. The second kappa shape index (κ2) is 6.50. The fourth-order valence-electron chi connectivity index (χ4n) is 2.06. The molecular weight excluding hydrogens is 370 g/mol. The molecule has 0 saturated carbocycles. The highest BCUT2D eigenvalue weighted by atomic mass is 32.2. The monoisotopic (exact) mass is 386 g/mol. The third-order valence-corrected chi connectivity index (χ3v) is 6.01. The Hall–Kier alpha value is -2.37. The highest BCUT2D eigenvalue weighted by Gasteiger charge is 2.19. The van der Waals surface area contributed by atoms with E-state index in [2.05, 4.69) is 4.72 Å². The number of nitrogens with one attached hydrogen (secondary N) is 1. The van der Waals surface area contributed by atoms with Gasteiger partial charge in [-0.25, -0.2) is 17.5 Å². The molecule has 0 aliphatic heterocycles. The largest absolute Gasteiger partial charge is 0.543 e. The Labute approximate surface area is 145 Å². The third-order valence-electron chi connectivity index (χ3n) is 3.40. The molecule has 0 radical (unpaired) electrons. The van der Waals surface area contributed by atoms with Gasteiger partial charge in [-0.15, -0.1) is 0 Å². The standard InChI is InChI=1S/C14H17N3O6S2/c1-9(2)24(20,21)16-11-5-3-10(4-6-11)12-7-8-17(25(15,22)23)13(12)14(18)19/h3-9,16H,1-2H3,(H,18,19)(H2,15,22,23)/p-1. The molecule has 0 unspecified atom stereocenters. The molecule has 0 aliphatic rings. The number of carboxylic acids is 1. The van der Waals surface area contributed by atoms with Crippen molar-refractivity contribution >= 4 is 31.9 Å². The Morgan fingerprint density at radius 2 is 1.68 bits per heavy atom. The quantitative estimate of drug-likeness (QED) is 0.696. The van der Waals surface area contributed by atoms with Gasteiger partial charge >= 0.3 is 10.2 Å². The first-order valence-corrected chi connectivity index (χ1v) is 10.1. The Bertz CT molecular complexity index is 1010. The predicted octanol–water partition coefficient (Wildman–Crippen LogP) is -0.280.